The third kappa shape index (κ3) is 6.68. The monoisotopic (exact) mass is 437 g/mol. The minimum Gasteiger partial charge on any atom is -0.452 e. The third-order valence-electron chi connectivity index (χ3n) is 4.63. The van der Waals surface area contributed by atoms with E-state index in [9.17, 15) is 0 Å². The molecule has 0 unspecified atom stereocenters. The van der Waals surface area contributed by atoms with Gasteiger partial charge in [0.2, 0.25) is 5.95 Å². The molecule has 0 amide bonds. The fourth-order valence-corrected chi connectivity index (χ4v) is 3.23. The molecule has 0 radical (unpaired) electrons. The molecule has 164 valence electrons. The number of benzene rings is 1. The minimum absolute atomic E-state index is 0.000356. The van der Waals surface area contributed by atoms with Crippen LogP contribution >= 0.6 is 11.6 Å². The highest BCUT2D eigenvalue weighted by molar-refractivity contribution is 6.30. The van der Waals surface area contributed by atoms with Crippen molar-refractivity contribution in [2.75, 3.05) is 75.9 Å². The predicted molar refractivity (Wildman–Crippen MR) is 116 cm³/mol. The summed E-state index contributed by atoms with van der Waals surface area (Å²) in [5.41, 5.74) is 0. The van der Waals surface area contributed by atoms with E-state index in [1.165, 1.54) is 0 Å². The van der Waals surface area contributed by atoms with Gasteiger partial charge in [-0.3, -0.25) is 4.90 Å². The first-order valence-corrected chi connectivity index (χ1v) is 10.4. The number of aliphatic hydroxyl groups is 2. The number of hydrogen-bond acceptors (Lipinski definition) is 9. The van der Waals surface area contributed by atoms with Crippen LogP contribution in [0.3, 0.4) is 0 Å². The molecule has 9 nitrogen and oxygen atoms in total. The van der Waals surface area contributed by atoms with E-state index in [2.05, 4.69) is 25.1 Å². The van der Waals surface area contributed by atoms with Gasteiger partial charge in [-0.1, -0.05) is 11.6 Å². The van der Waals surface area contributed by atoms with E-state index in [0.717, 1.165) is 26.2 Å². The van der Waals surface area contributed by atoms with Gasteiger partial charge in [0, 0.05) is 44.3 Å². The van der Waals surface area contributed by atoms with E-state index in [0.29, 0.717) is 54.6 Å². The summed E-state index contributed by atoms with van der Waals surface area (Å²) in [6, 6.07) is 7.15. The van der Waals surface area contributed by atoms with Crippen molar-refractivity contribution in [2.24, 2.45) is 0 Å². The smallest absolute Gasteiger partial charge is 0.224 e. The molecule has 3 N–H and O–H groups in total. The summed E-state index contributed by atoms with van der Waals surface area (Å²) in [5.74, 6) is 2.41. The Hall–Kier alpha value is -2.17. The lowest BCUT2D eigenvalue weighted by Crippen LogP contribution is -2.47. The number of aromatic nitrogens is 2. The van der Waals surface area contributed by atoms with E-state index in [4.69, 9.17) is 31.3 Å². The molecule has 3 rings (SSSR count). The standard InChI is InChI=1S/C20H28ClN5O4/c21-16-1-3-17(4-2-16)30-18-15-23-20(22-5-13-29-14-12-28)24-19(18)26-8-6-25(7-9-26)10-11-27/h1-4,15,27-28H,5-14H2,(H,22,23,24). The molecule has 1 saturated heterocycles. The molecule has 30 heavy (non-hydrogen) atoms. The molecule has 1 aliphatic heterocycles. The first-order valence-electron chi connectivity index (χ1n) is 10.0. The van der Waals surface area contributed by atoms with Crippen LogP contribution in [0, 0.1) is 0 Å². The van der Waals surface area contributed by atoms with Crippen molar-refractivity contribution in [2.45, 2.75) is 0 Å². The molecule has 1 aromatic heterocycles. The van der Waals surface area contributed by atoms with Crippen LogP contribution in [0.25, 0.3) is 0 Å². The number of piperazine rings is 1. The van der Waals surface area contributed by atoms with Crippen LogP contribution in [0.5, 0.6) is 11.5 Å². The highest BCUT2D eigenvalue weighted by atomic mass is 35.5. The van der Waals surface area contributed by atoms with Gasteiger partial charge in [-0.2, -0.15) is 4.98 Å². The van der Waals surface area contributed by atoms with Crippen molar-refractivity contribution < 1.29 is 19.7 Å². The van der Waals surface area contributed by atoms with Gasteiger partial charge < -0.3 is 29.9 Å². The lowest BCUT2D eigenvalue weighted by molar-refractivity contribution is 0.0991. The third-order valence-corrected chi connectivity index (χ3v) is 4.88. The van der Waals surface area contributed by atoms with Gasteiger partial charge in [0.1, 0.15) is 5.75 Å². The van der Waals surface area contributed by atoms with Crippen LogP contribution in [0.15, 0.2) is 30.5 Å². The van der Waals surface area contributed by atoms with Crippen molar-refractivity contribution in [1.82, 2.24) is 14.9 Å². The highest BCUT2D eigenvalue weighted by Crippen LogP contribution is 2.32. The van der Waals surface area contributed by atoms with Crippen LogP contribution in [-0.2, 0) is 4.74 Å². The molecule has 2 aromatic rings. The Labute approximate surface area is 181 Å². The molecule has 10 heteroatoms. The molecule has 0 atom stereocenters. The Kier molecular flexibility index (Phi) is 8.91. The second kappa shape index (κ2) is 11.9. The number of anilines is 2. The van der Waals surface area contributed by atoms with E-state index in [1.54, 1.807) is 30.5 Å². The van der Waals surface area contributed by atoms with Gasteiger partial charge in [-0.15, -0.1) is 0 Å². The number of ether oxygens (including phenoxy) is 2. The average Bonchev–Trinajstić information content (AvgIpc) is 2.77. The largest absolute Gasteiger partial charge is 0.452 e. The van der Waals surface area contributed by atoms with Crippen LogP contribution in [0.4, 0.5) is 11.8 Å². The Morgan fingerprint density at radius 1 is 1.03 bits per heavy atom. The van der Waals surface area contributed by atoms with Crippen molar-refractivity contribution in [3.8, 4) is 11.5 Å². The van der Waals surface area contributed by atoms with Gasteiger partial charge in [-0.05, 0) is 24.3 Å². The van der Waals surface area contributed by atoms with Crippen LogP contribution < -0.4 is 15.0 Å². The fraction of sp³-hybridized carbons (Fsp3) is 0.500. The molecule has 0 bridgehead atoms. The SMILES string of the molecule is OCCOCCNc1ncc(Oc2ccc(Cl)cc2)c(N2CCN(CCO)CC2)n1. The summed E-state index contributed by atoms with van der Waals surface area (Å²) in [4.78, 5) is 13.4. The first kappa shape index (κ1) is 22.5. The number of hydrogen-bond donors (Lipinski definition) is 3. The van der Waals surface area contributed by atoms with Crippen molar-refractivity contribution in [1.29, 1.82) is 0 Å². The number of β-amino-alcohol motifs (C(OH)–C–C–N with tert-alkyl or cyclic N) is 1. The Balaban J connectivity index is 1.72. The maximum atomic E-state index is 9.16. The quantitative estimate of drug-likeness (QED) is 0.450. The summed E-state index contributed by atoms with van der Waals surface area (Å²) in [7, 11) is 0. The molecular formula is C20H28ClN5O4. The number of halogens is 1. The zero-order valence-corrected chi connectivity index (χ0v) is 17.6. The van der Waals surface area contributed by atoms with Crippen LogP contribution in [0.1, 0.15) is 0 Å². The summed E-state index contributed by atoms with van der Waals surface area (Å²) < 4.78 is 11.3. The molecule has 0 saturated carbocycles. The van der Waals surface area contributed by atoms with Crippen molar-refractivity contribution >= 4 is 23.4 Å². The number of nitrogens with zero attached hydrogens (tertiary/aromatic N) is 4. The van der Waals surface area contributed by atoms with E-state index < -0.39 is 0 Å². The molecule has 2 heterocycles. The Morgan fingerprint density at radius 2 is 1.80 bits per heavy atom. The summed E-state index contributed by atoms with van der Waals surface area (Å²) in [6.45, 7) is 5.32. The Bertz CT molecular complexity index is 772. The van der Waals surface area contributed by atoms with Gasteiger partial charge >= 0.3 is 0 Å². The maximum Gasteiger partial charge on any atom is 0.224 e. The number of nitrogens with one attached hydrogen (secondary N) is 1. The van der Waals surface area contributed by atoms with Gasteiger partial charge in [0.05, 0.1) is 32.6 Å². The Morgan fingerprint density at radius 3 is 2.50 bits per heavy atom. The maximum absolute atomic E-state index is 9.16. The van der Waals surface area contributed by atoms with Crippen LogP contribution in [-0.4, -0.2) is 90.8 Å². The average molecular weight is 438 g/mol. The van der Waals surface area contributed by atoms with Gasteiger partial charge in [0.15, 0.2) is 11.6 Å². The molecule has 0 aliphatic carbocycles. The van der Waals surface area contributed by atoms with Crippen molar-refractivity contribution in [3.63, 3.8) is 0 Å². The van der Waals surface area contributed by atoms with E-state index >= 15 is 0 Å². The van der Waals surface area contributed by atoms with E-state index in [1.807, 2.05) is 0 Å². The molecule has 0 spiro atoms. The first-order chi connectivity index (χ1) is 14.7. The normalized spacial score (nSPS) is 14.7. The van der Waals surface area contributed by atoms with Crippen LogP contribution in [0.2, 0.25) is 5.02 Å². The van der Waals surface area contributed by atoms with E-state index in [-0.39, 0.29) is 13.2 Å². The zero-order valence-electron chi connectivity index (χ0n) is 16.8. The molecule has 1 fully saturated rings. The topological polar surface area (TPSA) is 103 Å². The van der Waals surface area contributed by atoms with Gasteiger partial charge in [0.25, 0.3) is 0 Å². The van der Waals surface area contributed by atoms with Crippen molar-refractivity contribution in [3.05, 3.63) is 35.5 Å². The number of aliphatic hydroxyl groups excluding tert-OH is 2. The summed E-state index contributed by atoms with van der Waals surface area (Å²) in [6.07, 6.45) is 1.66. The van der Waals surface area contributed by atoms with Gasteiger partial charge in [-0.25, -0.2) is 4.98 Å². The summed E-state index contributed by atoms with van der Waals surface area (Å²) >= 11 is 5.96. The molecular weight excluding hydrogens is 410 g/mol. The zero-order chi connectivity index (χ0) is 21.2. The lowest BCUT2D eigenvalue weighted by atomic mass is 10.3. The predicted octanol–water partition coefficient (Wildman–Crippen LogP) is 1.46. The second-order valence-electron chi connectivity index (χ2n) is 6.75. The number of rotatable bonds is 11. The molecule has 1 aliphatic rings. The highest BCUT2D eigenvalue weighted by Gasteiger charge is 2.22. The summed E-state index contributed by atoms with van der Waals surface area (Å²) in [5, 5.41) is 21.7. The molecule has 1 aromatic carbocycles. The minimum atomic E-state index is -0.000356. The fourth-order valence-electron chi connectivity index (χ4n) is 3.10. The lowest BCUT2D eigenvalue weighted by Gasteiger charge is -2.35. The second-order valence-corrected chi connectivity index (χ2v) is 7.19.